The van der Waals surface area contributed by atoms with Crippen LogP contribution in [-0.2, 0) is 4.79 Å². The fourth-order valence-corrected chi connectivity index (χ4v) is 1.29. The van der Waals surface area contributed by atoms with Crippen LogP contribution < -0.4 is 0 Å². The van der Waals surface area contributed by atoms with Crippen molar-refractivity contribution in [1.29, 1.82) is 0 Å². The van der Waals surface area contributed by atoms with Gasteiger partial charge in [0.25, 0.3) is 0 Å². The molecule has 1 aromatic carbocycles. The van der Waals surface area contributed by atoms with Crippen LogP contribution in [0.5, 0.6) is 0 Å². The summed E-state index contributed by atoms with van der Waals surface area (Å²) in [7, 11) is 0. The van der Waals surface area contributed by atoms with Gasteiger partial charge in [-0.2, -0.15) is 0 Å². The molecule has 1 atom stereocenters. The standard InChI is InChI=1S/C10H10ClFO/c1-7(4-5-13)8-2-3-10(12)9(11)6-8/h2-3,5-7H,4H2,1H3. The molecule has 0 saturated heterocycles. The summed E-state index contributed by atoms with van der Waals surface area (Å²) in [5, 5.41) is 0.107. The Hall–Kier alpha value is -0.890. The van der Waals surface area contributed by atoms with Gasteiger partial charge in [-0.05, 0) is 23.6 Å². The Bertz CT molecular complexity index is 312. The maximum absolute atomic E-state index is 12.7. The first-order valence-corrected chi connectivity index (χ1v) is 4.41. The fourth-order valence-electron chi connectivity index (χ4n) is 1.10. The summed E-state index contributed by atoms with van der Waals surface area (Å²) >= 11 is 5.59. The molecule has 0 N–H and O–H groups in total. The van der Waals surface area contributed by atoms with Crippen LogP contribution >= 0.6 is 11.6 Å². The molecule has 1 rings (SSSR count). The van der Waals surface area contributed by atoms with E-state index in [-0.39, 0.29) is 10.9 Å². The maximum atomic E-state index is 12.7. The van der Waals surface area contributed by atoms with Crippen molar-refractivity contribution in [1.82, 2.24) is 0 Å². The van der Waals surface area contributed by atoms with E-state index in [0.717, 1.165) is 11.8 Å². The number of hydrogen-bond acceptors (Lipinski definition) is 1. The average molecular weight is 201 g/mol. The Kier molecular flexibility index (Phi) is 3.43. The van der Waals surface area contributed by atoms with Crippen LogP contribution in [0.2, 0.25) is 5.02 Å². The van der Waals surface area contributed by atoms with Crippen LogP contribution in [0.15, 0.2) is 18.2 Å². The summed E-state index contributed by atoms with van der Waals surface area (Å²) in [6.07, 6.45) is 1.28. The van der Waals surface area contributed by atoms with E-state index in [1.54, 1.807) is 12.1 Å². The van der Waals surface area contributed by atoms with Crippen LogP contribution in [0, 0.1) is 5.82 Å². The molecular formula is C10H10ClFO. The van der Waals surface area contributed by atoms with Crippen molar-refractivity contribution in [3.05, 3.63) is 34.6 Å². The minimum absolute atomic E-state index is 0.0931. The van der Waals surface area contributed by atoms with Gasteiger partial charge in [0.05, 0.1) is 5.02 Å². The van der Waals surface area contributed by atoms with Crippen LogP contribution in [0.1, 0.15) is 24.8 Å². The van der Waals surface area contributed by atoms with Crippen molar-refractivity contribution in [2.24, 2.45) is 0 Å². The summed E-state index contributed by atoms with van der Waals surface area (Å²) in [6, 6.07) is 4.53. The topological polar surface area (TPSA) is 17.1 Å². The Morgan fingerprint density at radius 3 is 2.85 bits per heavy atom. The van der Waals surface area contributed by atoms with Crippen molar-refractivity contribution in [3.63, 3.8) is 0 Å². The number of carbonyl (C=O) groups excluding carboxylic acids is 1. The molecule has 13 heavy (non-hydrogen) atoms. The van der Waals surface area contributed by atoms with E-state index in [9.17, 15) is 9.18 Å². The normalized spacial score (nSPS) is 12.5. The molecule has 70 valence electrons. The molecule has 0 amide bonds. The Morgan fingerprint density at radius 2 is 2.31 bits per heavy atom. The van der Waals surface area contributed by atoms with Gasteiger partial charge in [0.15, 0.2) is 0 Å². The van der Waals surface area contributed by atoms with Crippen LogP contribution in [0.4, 0.5) is 4.39 Å². The van der Waals surface area contributed by atoms with Crippen molar-refractivity contribution in [3.8, 4) is 0 Å². The zero-order chi connectivity index (χ0) is 9.84. The first-order chi connectivity index (χ1) is 6.15. The lowest BCUT2D eigenvalue weighted by atomic mass is 9.99. The van der Waals surface area contributed by atoms with Gasteiger partial charge >= 0.3 is 0 Å². The maximum Gasteiger partial charge on any atom is 0.141 e. The number of benzene rings is 1. The molecule has 0 bridgehead atoms. The molecule has 0 heterocycles. The molecule has 1 unspecified atom stereocenters. The third-order valence-electron chi connectivity index (χ3n) is 1.96. The van der Waals surface area contributed by atoms with Gasteiger partial charge in [0.2, 0.25) is 0 Å². The largest absolute Gasteiger partial charge is 0.303 e. The van der Waals surface area contributed by atoms with E-state index < -0.39 is 5.82 Å². The molecule has 0 radical (unpaired) electrons. The summed E-state index contributed by atoms with van der Waals surface area (Å²) in [5.74, 6) is -0.334. The highest BCUT2D eigenvalue weighted by molar-refractivity contribution is 6.30. The summed E-state index contributed by atoms with van der Waals surface area (Å²) < 4.78 is 12.7. The SMILES string of the molecule is CC(CC=O)c1ccc(F)c(Cl)c1. The lowest BCUT2D eigenvalue weighted by Gasteiger charge is -2.08. The lowest BCUT2D eigenvalue weighted by molar-refractivity contribution is -0.108. The van der Waals surface area contributed by atoms with Crippen molar-refractivity contribution >= 4 is 17.9 Å². The highest BCUT2D eigenvalue weighted by Crippen LogP contribution is 2.23. The van der Waals surface area contributed by atoms with Gasteiger partial charge in [0, 0.05) is 6.42 Å². The zero-order valence-corrected chi connectivity index (χ0v) is 8.01. The Balaban J connectivity index is 2.89. The molecule has 1 aromatic rings. The minimum Gasteiger partial charge on any atom is -0.303 e. The van der Waals surface area contributed by atoms with Crippen molar-refractivity contribution in [2.45, 2.75) is 19.3 Å². The Labute approximate surface area is 81.5 Å². The molecule has 3 heteroatoms. The minimum atomic E-state index is -0.427. The number of hydrogen-bond donors (Lipinski definition) is 0. The van der Waals surface area contributed by atoms with E-state index in [1.807, 2.05) is 6.92 Å². The number of rotatable bonds is 3. The molecule has 0 spiro atoms. The number of carbonyl (C=O) groups is 1. The third-order valence-corrected chi connectivity index (χ3v) is 2.25. The van der Waals surface area contributed by atoms with Gasteiger partial charge in [-0.25, -0.2) is 4.39 Å². The average Bonchev–Trinajstić information content (AvgIpc) is 2.10. The van der Waals surface area contributed by atoms with Crippen LogP contribution in [-0.4, -0.2) is 6.29 Å². The summed E-state index contributed by atoms with van der Waals surface area (Å²) in [6.45, 7) is 1.90. The molecule has 0 saturated carbocycles. The van der Waals surface area contributed by atoms with Crippen LogP contribution in [0.3, 0.4) is 0 Å². The number of aldehydes is 1. The molecule has 1 nitrogen and oxygen atoms in total. The van der Waals surface area contributed by atoms with E-state index in [1.165, 1.54) is 6.07 Å². The van der Waals surface area contributed by atoms with E-state index in [0.29, 0.717) is 6.42 Å². The third kappa shape index (κ3) is 2.52. The lowest BCUT2D eigenvalue weighted by Crippen LogP contribution is -1.94. The molecular weight excluding hydrogens is 191 g/mol. The van der Waals surface area contributed by atoms with Gasteiger partial charge in [-0.1, -0.05) is 24.6 Å². The van der Waals surface area contributed by atoms with Crippen molar-refractivity contribution < 1.29 is 9.18 Å². The van der Waals surface area contributed by atoms with Gasteiger partial charge in [-0.3, -0.25) is 0 Å². The van der Waals surface area contributed by atoms with E-state index in [4.69, 9.17) is 11.6 Å². The fraction of sp³-hybridized carbons (Fsp3) is 0.300. The second-order valence-electron chi connectivity index (χ2n) is 2.98. The van der Waals surface area contributed by atoms with Gasteiger partial charge in [0.1, 0.15) is 12.1 Å². The molecule has 0 aliphatic heterocycles. The van der Waals surface area contributed by atoms with Crippen LogP contribution in [0.25, 0.3) is 0 Å². The van der Waals surface area contributed by atoms with E-state index in [2.05, 4.69) is 0 Å². The van der Waals surface area contributed by atoms with Gasteiger partial charge < -0.3 is 4.79 Å². The highest BCUT2D eigenvalue weighted by atomic mass is 35.5. The summed E-state index contributed by atoms with van der Waals surface area (Å²) in [5.41, 5.74) is 0.888. The zero-order valence-electron chi connectivity index (χ0n) is 7.26. The summed E-state index contributed by atoms with van der Waals surface area (Å²) in [4.78, 5) is 10.2. The van der Waals surface area contributed by atoms with E-state index >= 15 is 0 Å². The first-order valence-electron chi connectivity index (χ1n) is 4.03. The monoisotopic (exact) mass is 200 g/mol. The first kappa shape index (κ1) is 10.2. The molecule has 0 aliphatic rings. The van der Waals surface area contributed by atoms with Gasteiger partial charge in [-0.15, -0.1) is 0 Å². The smallest absolute Gasteiger partial charge is 0.141 e. The number of halogens is 2. The van der Waals surface area contributed by atoms with Crippen molar-refractivity contribution in [2.75, 3.05) is 0 Å². The Morgan fingerprint density at radius 1 is 1.62 bits per heavy atom. The quantitative estimate of drug-likeness (QED) is 0.685. The second-order valence-corrected chi connectivity index (χ2v) is 3.38. The predicted octanol–water partition coefficient (Wildman–Crippen LogP) is 3.17. The second kappa shape index (κ2) is 4.38. The molecule has 0 aliphatic carbocycles. The molecule has 0 fully saturated rings. The molecule has 0 aromatic heterocycles. The highest BCUT2D eigenvalue weighted by Gasteiger charge is 2.07. The predicted molar refractivity (Wildman–Crippen MR) is 50.5 cm³/mol.